The predicted molar refractivity (Wildman–Crippen MR) is 150 cm³/mol. The van der Waals surface area contributed by atoms with Crippen LogP contribution in [-0.4, -0.2) is 56.9 Å². The third-order valence-corrected chi connectivity index (χ3v) is 9.96. The van der Waals surface area contributed by atoms with Gasteiger partial charge in [0.25, 0.3) is 15.9 Å². The topological polar surface area (TPSA) is 73.8 Å². The smallest absolute Gasteiger partial charge is 0.264 e. The van der Waals surface area contributed by atoms with Crippen LogP contribution in [0.5, 0.6) is 0 Å². The average molecular weight is 535 g/mol. The molecular weight excluding hydrogens is 504 g/mol. The van der Waals surface area contributed by atoms with Gasteiger partial charge in [-0.2, -0.15) is 0 Å². The van der Waals surface area contributed by atoms with E-state index in [4.69, 9.17) is 4.98 Å². The highest BCUT2D eigenvalue weighted by Gasteiger charge is 2.26. The maximum atomic E-state index is 13.2. The molecule has 0 unspecified atom stereocenters. The first-order valence-corrected chi connectivity index (χ1v) is 14.6. The van der Waals surface area contributed by atoms with Crippen molar-refractivity contribution in [2.75, 3.05) is 41.9 Å². The monoisotopic (exact) mass is 534 g/mol. The lowest BCUT2D eigenvalue weighted by Crippen LogP contribution is -2.48. The lowest BCUT2D eigenvalue weighted by Gasteiger charge is -2.34. The molecule has 1 aliphatic rings. The molecule has 1 aliphatic heterocycles. The SMILES string of the molecule is CCN(c1ccccc1)S(=O)(=O)c1ccc(C(=O)N2CCN(c3nc4c(C)ccc(C)c4s3)CC2)cc1. The molecule has 0 spiro atoms. The first-order chi connectivity index (χ1) is 17.8. The summed E-state index contributed by atoms with van der Waals surface area (Å²) in [7, 11) is -3.73. The Morgan fingerprint density at radius 3 is 2.19 bits per heavy atom. The first-order valence-electron chi connectivity index (χ1n) is 12.4. The molecule has 37 heavy (non-hydrogen) atoms. The summed E-state index contributed by atoms with van der Waals surface area (Å²) in [5.41, 5.74) is 4.56. The van der Waals surface area contributed by atoms with E-state index in [1.807, 2.05) is 23.1 Å². The van der Waals surface area contributed by atoms with Crippen LogP contribution in [-0.2, 0) is 10.0 Å². The number of amides is 1. The number of carbonyl (C=O) groups is 1. The van der Waals surface area contributed by atoms with Crippen LogP contribution in [0.2, 0.25) is 0 Å². The maximum absolute atomic E-state index is 13.2. The molecule has 192 valence electrons. The molecule has 0 atom stereocenters. The van der Waals surface area contributed by atoms with Gasteiger partial charge < -0.3 is 9.80 Å². The Balaban J connectivity index is 1.27. The molecule has 1 fully saturated rings. The molecule has 0 aliphatic carbocycles. The minimum absolute atomic E-state index is 0.0880. The van der Waals surface area contributed by atoms with E-state index in [0.29, 0.717) is 44.0 Å². The Kier molecular flexibility index (Phi) is 6.92. The van der Waals surface area contributed by atoms with Crippen molar-refractivity contribution in [3.05, 3.63) is 83.4 Å². The summed E-state index contributed by atoms with van der Waals surface area (Å²) in [5, 5.41) is 0.993. The quantitative estimate of drug-likeness (QED) is 0.345. The molecule has 1 aromatic heterocycles. The van der Waals surface area contributed by atoms with E-state index >= 15 is 0 Å². The zero-order chi connectivity index (χ0) is 26.2. The number of rotatable bonds is 6. The van der Waals surface area contributed by atoms with Crippen molar-refractivity contribution in [2.45, 2.75) is 25.7 Å². The number of hydrogen-bond acceptors (Lipinski definition) is 6. The molecule has 1 amide bonds. The lowest BCUT2D eigenvalue weighted by atomic mass is 10.1. The molecule has 0 saturated carbocycles. The number of sulfonamides is 1. The summed E-state index contributed by atoms with van der Waals surface area (Å²) in [5.74, 6) is -0.0880. The lowest BCUT2D eigenvalue weighted by molar-refractivity contribution is 0.0746. The van der Waals surface area contributed by atoms with E-state index in [0.717, 1.165) is 10.6 Å². The number of benzene rings is 3. The molecule has 7 nitrogen and oxygen atoms in total. The van der Waals surface area contributed by atoms with Crippen molar-refractivity contribution < 1.29 is 13.2 Å². The Bertz CT molecular complexity index is 1490. The van der Waals surface area contributed by atoms with Gasteiger partial charge in [-0.25, -0.2) is 13.4 Å². The van der Waals surface area contributed by atoms with Gasteiger partial charge in [0.05, 0.1) is 20.8 Å². The molecule has 9 heteroatoms. The van der Waals surface area contributed by atoms with Gasteiger partial charge in [-0.1, -0.05) is 41.7 Å². The molecule has 3 aromatic carbocycles. The molecule has 0 N–H and O–H groups in total. The summed E-state index contributed by atoms with van der Waals surface area (Å²) < 4.78 is 29.1. The van der Waals surface area contributed by atoms with Gasteiger partial charge in [-0.05, 0) is 68.3 Å². The number of fused-ring (bicyclic) bond motifs is 1. The van der Waals surface area contributed by atoms with E-state index in [-0.39, 0.29) is 10.8 Å². The summed E-state index contributed by atoms with van der Waals surface area (Å²) >= 11 is 1.71. The zero-order valence-corrected chi connectivity index (χ0v) is 22.8. The summed E-state index contributed by atoms with van der Waals surface area (Å²) in [6, 6.07) is 19.5. The van der Waals surface area contributed by atoms with Gasteiger partial charge in [0, 0.05) is 38.3 Å². The van der Waals surface area contributed by atoms with Crippen LogP contribution in [0.15, 0.2) is 71.6 Å². The minimum Gasteiger partial charge on any atom is -0.345 e. The zero-order valence-electron chi connectivity index (χ0n) is 21.2. The van der Waals surface area contributed by atoms with Crippen LogP contribution in [0.25, 0.3) is 10.2 Å². The first kappa shape index (κ1) is 25.2. The molecule has 1 saturated heterocycles. The largest absolute Gasteiger partial charge is 0.345 e. The summed E-state index contributed by atoms with van der Waals surface area (Å²) in [6.45, 7) is 8.90. The van der Waals surface area contributed by atoms with Gasteiger partial charge in [0.1, 0.15) is 0 Å². The van der Waals surface area contributed by atoms with Gasteiger partial charge in [-0.15, -0.1) is 0 Å². The minimum atomic E-state index is -3.73. The van der Waals surface area contributed by atoms with Crippen LogP contribution in [0.4, 0.5) is 10.8 Å². The second kappa shape index (κ2) is 10.1. The molecule has 4 aromatic rings. The van der Waals surface area contributed by atoms with E-state index in [9.17, 15) is 13.2 Å². The Labute approximate surface area is 222 Å². The Morgan fingerprint density at radius 2 is 1.57 bits per heavy atom. The number of para-hydroxylation sites is 1. The van der Waals surface area contributed by atoms with Crippen LogP contribution in [0.1, 0.15) is 28.4 Å². The van der Waals surface area contributed by atoms with Crippen molar-refractivity contribution in [3.8, 4) is 0 Å². The normalized spacial score (nSPS) is 14.2. The second-order valence-corrected chi connectivity index (χ2v) is 12.0. The number of thiazole rings is 1. The fourth-order valence-electron chi connectivity index (χ4n) is 4.65. The molecule has 0 radical (unpaired) electrons. The summed E-state index contributed by atoms with van der Waals surface area (Å²) in [6.07, 6.45) is 0. The van der Waals surface area contributed by atoms with Crippen molar-refractivity contribution in [1.29, 1.82) is 0 Å². The Hall–Kier alpha value is -3.43. The van der Waals surface area contributed by atoms with E-state index < -0.39 is 10.0 Å². The van der Waals surface area contributed by atoms with Gasteiger partial charge >= 0.3 is 0 Å². The van der Waals surface area contributed by atoms with Crippen LogP contribution < -0.4 is 9.21 Å². The second-order valence-electron chi connectivity index (χ2n) is 9.18. The third kappa shape index (κ3) is 4.81. The number of anilines is 2. The fraction of sp³-hybridized carbons (Fsp3) is 0.286. The number of carbonyl (C=O) groups excluding carboxylic acids is 1. The van der Waals surface area contributed by atoms with E-state index in [1.54, 1.807) is 42.5 Å². The number of hydrogen-bond donors (Lipinski definition) is 0. The van der Waals surface area contributed by atoms with E-state index in [1.165, 1.54) is 32.3 Å². The summed E-state index contributed by atoms with van der Waals surface area (Å²) in [4.78, 5) is 22.3. The van der Waals surface area contributed by atoms with Gasteiger partial charge in [0.2, 0.25) is 0 Å². The number of aromatic nitrogens is 1. The molecule has 5 rings (SSSR count). The van der Waals surface area contributed by atoms with Gasteiger partial charge in [-0.3, -0.25) is 9.10 Å². The van der Waals surface area contributed by atoms with Crippen molar-refractivity contribution >= 4 is 48.3 Å². The number of nitrogens with zero attached hydrogens (tertiary/aromatic N) is 4. The van der Waals surface area contributed by atoms with Crippen molar-refractivity contribution in [2.24, 2.45) is 0 Å². The highest BCUT2D eigenvalue weighted by atomic mass is 32.2. The van der Waals surface area contributed by atoms with Crippen molar-refractivity contribution in [3.63, 3.8) is 0 Å². The molecular formula is C28H30N4O3S2. The number of aryl methyl sites for hydroxylation is 2. The molecule has 2 heterocycles. The fourth-order valence-corrected chi connectivity index (χ4v) is 7.29. The third-order valence-electron chi connectivity index (χ3n) is 6.79. The molecule has 0 bridgehead atoms. The average Bonchev–Trinajstić information content (AvgIpc) is 3.39. The predicted octanol–water partition coefficient (Wildman–Crippen LogP) is 5.09. The van der Waals surface area contributed by atoms with Gasteiger partial charge in [0.15, 0.2) is 5.13 Å². The highest BCUT2D eigenvalue weighted by molar-refractivity contribution is 7.92. The van der Waals surface area contributed by atoms with Crippen LogP contribution in [0, 0.1) is 13.8 Å². The number of piperazine rings is 1. The highest BCUT2D eigenvalue weighted by Crippen LogP contribution is 2.33. The van der Waals surface area contributed by atoms with E-state index in [2.05, 4.69) is 30.9 Å². The van der Waals surface area contributed by atoms with Crippen molar-refractivity contribution in [1.82, 2.24) is 9.88 Å². The Morgan fingerprint density at radius 1 is 0.919 bits per heavy atom. The van der Waals surface area contributed by atoms with Crippen LogP contribution in [0.3, 0.4) is 0 Å². The maximum Gasteiger partial charge on any atom is 0.264 e. The van der Waals surface area contributed by atoms with Crippen LogP contribution >= 0.6 is 11.3 Å². The standard InChI is InChI=1S/C28H30N4O3S2/c1-4-32(23-8-6-5-7-9-23)37(34,35)24-14-12-22(13-15-24)27(33)30-16-18-31(19-17-30)28-29-25-20(2)10-11-21(3)26(25)36-28/h5-15H,4,16-19H2,1-3H3.